The predicted molar refractivity (Wildman–Crippen MR) is 192 cm³/mol. The number of hydrogen-bond donors (Lipinski definition) is 3. The Morgan fingerprint density at radius 3 is 1.00 bits per heavy atom. The Morgan fingerprint density at radius 1 is 0.521 bits per heavy atom. The van der Waals surface area contributed by atoms with Crippen molar-refractivity contribution in [1.29, 1.82) is 0 Å². The number of hydrogen-bond acceptors (Lipinski definition) is 9. The summed E-state index contributed by atoms with van der Waals surface area (Å²) in [6, 6.07) is -0.447. The summed E-state index contributed by atoms with van der Waals surface area (Å²) in [5, 5.41) is 8.52. The Morgan fingerprint density at radius 2 is 0.792 bits per heavy atom. The molecule has 12 heteroatoms. The first-order valence-electron chi connectivity index (χ1n) is 16.9. The zero-order valence-corrected chi connectivity index (χ0v) is 32.4. The highest BCUT2D eigenvalue weighted by atomic mass is 16.7. The van der Waals surface area contributed by atoms with Crippen LogP contribution in [0.15, 0.2) is 36.5 Å². The molecular formula is C36H69N3O9. The second kappa shape index (κ2) is 29.3. The van der Waals surface area contributed by atoms with Crippen LogP contribution in [0.25, 0.3) is 0 Å². The van der Waals surface area contributed by atoms with Crippen LogP contribution in [0.3, 0.4) is 0 Å². The monoisotopic (exact) mass is 688 g/mol. The maximum absolute atomic E-state index is 11.7. The van der Waals surface area contributed by atoms with Crippen LogP contribution >= 0.6 is 0 Å². The van der Waals surface area contributed by atoms with Gasteiger partial charge >= 0.3 is 0 Å². The molecule has 3 atom stereocenters. The smallest absolute Gasteiger partial charge is 0.246 e. The summed E-state index contributed by atoms with van der Waals surface area (Å²) in [7, 11) is 3.09. The van der Waals surface area contributed by atoms with Crippen LogP contribution in [0, 0.1) is 0 Å². The van der Waals surface area contributed by atoms with E-state index in [0.29, 0.717) is 29.9 Å². The summed E-state index contributed by atoms with van der Waals surface area (Å²) in [6.45, 7) is 34.5. The SMILES string of the molecule is C=C(C)C(=O)NC(CC)C(OC(C)C)OC(C)C.C=C(C)C(=O)NC(CC)C(OC)OC.C=C(C)C(=O)NC(CC)C(OCC)OCC. The van der Waals surface area contributed by atoms with Crippen molar-refractivity contribution in [3.8, 4) is 0 Å². The van der Waals surface area contributed by atoms with Gasteiger partial charge in [0.05, 0.1) is 30.3 Å². The molecule has 0 aromatic rings. The van der Waals surface area contributed by atoms with E-state index in [9.17, 15) is 14.4 Å². The van der Waals surface area contributed by atoms with Gasteiger partial charge in [-0.25, -0.2) is 0 Å². The van der Waals surface area contributed by atoms with Gasteiger partial charge < -0.3 is 44.4 Å². The molecule has 12 nitrogen and oxygen atoms in total. The Bertz CT molecular complexity index is 920. The molecule has 0 aliphatic carbocycles. The molecule has 0 aromatic carbocycles. The van der Waals surface area contributed by atoms with Gasteiger partial charge in [-0.05, 0) is 81.6 Å². The van der Waals surface area contributed by atoms with E-state index in [4.69, 9.17) is 28.4 Å². The molecule has 282 valence electrons. The van der Waals surface area contributed by atoms with E-state index >= 15 is 0 Å². The summed E-state index contributed by atoms with van der Waals surface area (Å²) in [5.74, 6) is -0.487. The molecular weight excluding hydrogens is 618 g/mol. The lowest BCUT2D eigenvalue weighted by atomic mass is 10.2. The zero-order chi connectivity index (χ0) is 38.0. The van der Waals surface area contributed by atoms with Crippen LogP contribution in [0.2, 0.25) is 0 Å². The number of carbonyl (C=O) groups excluding carboxylic acids is 3. The fourth-order valence-corrected chi connectivity index (χ4v) is 3.75. The molecule has 0 fully saturated rings. The Kier molecular flexibility index (Phi) is 30.4. The fourth-order valence-electron chi connectivity index (χ4n) is 3.75. The summed E-state index contributed by atoms with van der Waals surface area (Å²) in [5.41, 5.74) is 1.46. The third kappa shape index (κ3) is 23.7. The van der Waals surface area contributed by atoms with Crippen molar-refractivity contribution < 1.29 is 42.8 Å². The highest BCUT2D eigenvalue weighted by molar-refractivity contribution is 5.93. The van der Waals surface area contributed by atoms with E-state index in [-0.39, 0.29) is 54.3 Å². The van der Waals surface area contributed by atoms with Gasteiger partial charge in [0, 0.05) is 44.2 Å². The van der Waals surface area contributed by atoms with Crippen LogP contribution < -0.4 is 16.0 Å². The summed E-state index contributed by atoms with van der Waals surface area (Å²) >= 11 is 0. The lowest BCUT2D eigenvalue weighted by Gasteiger charge is -2.30. The molecule has 0 bridgehead atoms. The average molecular weight is 688 g/mol. The van der Waals surface area contributed by atoms with E-state index in [2.05, 4.69) is 35.7 Å². The Labute approximate surface area is 291 Å². The number of nitrogens with one attached hydrogen (secondary N) is 3. The summed E-state index contributed by atoms with van der Waals surface area (Å²) in [4.78, 5) is 34.5. The van der Waals surface area contributed by atoms with Crippen LogP contribution in [-0.2, 0) is 42.8 Å². The molecule has 0 aliphatic heterocycles. The Balaban J connectivity index is -0.000000638. The first-order chi connectivity index (χ1) is 22.4. The summed E-state index contributed by atoms with van der Waals surface area (Å²) < 4.78 is 32.5. The van der Waals surface area contributed by atoms with Gasteiger partial charge in [-0.15, -0.1) is 0 Å². The van der Waals surface area contributed by atoms with Crippen molar-refractivity contribution in [1.82, 2.24) is 16.0 Å². The molecule has 48 heavy (non-hydrogen) atoms. The molecule has 0 heterocycles. The highest BCUT2D eigenvalue weighted by Gasteiger charge is 2.26. The van der Waals surface area contributed by atoms with E-state index in [1.54, 1.807) is 35.0 Å². The largest absolute Gasteiger partial charge is 0.354 e. The first-order valence-corrected chi connectivity index (χ1v) is 16.9. The number of amides is 3. The van der Waals surface area contributed by atoms with Gasteiger partial charge in [0.2, 0.25) is 17.7 Å². The van der Waals surface area contributed by atoms with Crippen molar-refractivity contribution >= 4 is 17.7 Å². The summed E-state index contributed by atoms with van der Waals surface area (Å²) in [6.07, 6.45) is 1.09. The molecule has 3 unspecified atom stereocenters. The topological polar surface area (TPSA) is 143 Å². The van der Waals surface area contributed by atoms with Gasteiger partial charge in [-0.3, -0.25) is 14.4 Å². The second-order valence-corrected chi connectivity index (χ2v) is 11.7. The van der Waals surface area contributed by atoms with E-state index in [0.717, 1.165) is 19.3 Å². The molecule has 0 radical (unpaired) electrons. The van der Waals surface area contributed by atoms with Crippen LogP contribution in [0.1, 0.15) is 102 Å². The van der Waals surface area contributed by atoms with E-state index in [1.807, 2.05) is 62.3 Å². The molecule has 3 amide bonds. The quantitative estimate of drug-likeness (QED) is 0.0984. The third-order valence-corrected chi connectivity index (χ3v) is 6.36. The lowest BCUT2D eigenvalue weighted by molar-refractivity contribution is -0.196. The zero-order valence-electron chi connectivity index (χ0n) is 32.4. The van der Waals surface area contributed by atoms with Crippen LogP contribution in [0.4, 0.5) is 0 Å². The predicted octanol–water partition coefficient (Wildman–Crippen LogP) is 5.57. The maximum atomic E-state index is 11.7. The second-order valence-electron chi connectivity index (χ2n) is 11.7. The molecule has 3 N–H and O–H groups in total. The molecule has 0 saturated carbocycles. The molecule has 0 aliphatic rings. The maximum Gasteiger partial charge on any atom is 0.246 e. The normalized spacial score (nSPS) is 12.8. The highest BCUT2D eigenvalue weighted by Crippen LogP contribution is 2.12. The van der Waals surface area contributed by atoms with Crippen molar-refractivity contribution in [3.63, 3.8) is 0 Å². The lowest BCUT2D eigenvalue weighted by Crippen LogP contribution is -2.47. The van der Waals surface area contributed by atoms with Gasteiger partial charge in [-0.2, -0.15) is 0 Å². The van der Waals surface area contributed by atoms with Gasteiger partial charge in [0.1, 0.15) is 0 Å². The standard InChI is InChI=1S/C14H27NO3.C12H23NO3.C10H19NO3/c1-8-12(15-13(16)9(2)3)14(17-10(4)5)18-11(6)7;1-6-10(13-11(14)9(4)5)12(15-7-2)16-8-3;1-6-8(10(13-4)14-5)11-9(12)7(2)3/h10-12,14H,2,8H2,1,3-7H3,(H,15,16);10,12H,4,6-8H2,1-3,5H3,(H,13,14);8,10H,2,6H2,1,3-5H3,(H,11,12). The minimum absolute atomic E-state index is 0.0459. The number of methoxy groups -OCH3 is 2. The van der Waals surface area contributed by atoms with Crippen molar-refractivity contribution in [2.75, 3.05) is 27.4 Å². The van der Waals surface area contributed by atoms with Gasteiger partial charge in [-0.1, -0.05) is 40.5 Å². The first kappa shape index (κ1) is 49.8. The number of ether oxygens (including phenoxy) is 6. The van der Waals surface area contributed by atoms with Gasteiger partial charge in [0.25, 0.3) is 0 Å². The fraction of sp³-hybridized carbons (Fsp3) is 0.750. The molecule has 0 aromatic heterocycles. The van der Waals surface area contributed by atoms with Crippen LogP contribution in [-0.4, -0.2) is 94.4 Å². The van der Waals surface area contributed by atoms with E-state index < -0.39 is 12.6 Å². The Hall–Kier alpha value is -2.61. The molecule has 0 spiro atoms. The third-order valence-electron chi connectivity index (χ3n) is 6.36. The minimum atomic E-state index is -0.432. The number of carbonyl (C=O) groups is 3. The number of rotatable bonds is 22. The van der Waals surface area contributed by atoms with Crippen molar-refractivity contribution in [2.24, 2.45) is 0 Å². The van der Waals surface area contributed by atoms with Gasteiger partial charge in [0.15, 0.2) is 18.9 Å². The molecule has 0 rings (SSSR count). The van der Waals surface area contributed by atoms with Crippen molar-refractivity contribution in [3.05, 3.63) is 36.5 Å². The average Bonchev–Trinajstić information content (AvgIpc) is 3.01. The van der Waals surface area contributed by atoms with Crippen LogP contribution in [0.5, 0.6) is 0 Å². The minimum Gasteiger partial charge on any atom is -0.354 e. The van der Waals surface area contributed by atoms with Crippen molar-refractivity contribution in [2.45, 2.75) is 152 Å². The van der Waals surface area contributed by atoms with E-state index in [1.165, 1.54) is 0 Å². The molecule has 0 saturated heterocycles.